The second kappa shape index (κ2) is 5.98. The molecule has 1 fully saturated rings. The number of rotatable bonds is 3. The fourth-order valence-electron chi connectivity index (χ4n) is 2.93. The summed E-state index contributed by atoms with van der Waals surface area (Å²) in [6.07, 6.45) is 3.54. The first-order valence-electron chi connectivity index (χ1n) is 7.79. The van der Waals surface area contributed by atoms with Crippen molar-refractivity contribution in [3.8, 4) is 0 Å². The van der Waals surface area contributed by atoms with Crippen LogP contribution in [-0.2, 0) is 7.05 Å². The molecule has 0 bridgehead atoms. The third-order valence-corrected chi connectivity index (χ3v) is 4.45. The molecule has 1 aliphatic heterocycles. The number of amides is 1. The smallest absolute Gasteiger partial charge is 0.257 e. The predicted molar refractivity (Wildman–Crippen MR) is 87.3 cm³/mol. The highest BCUT2D eigenvalue weighted by molar-refractivity contribution is 5.95. The first-order valence-corrected chi connectivity index (χ1v) is 7.79. The highest BCUT2D eigenvalue weighted by Crippen LogP contribution is 2.32. The number of carbonyl (C=O) groups is 1. The average Bonchev–Trinajstić information content (AvgIpc) is 3.15. The zero-order chi connectivity index (χ0) is 16.6. The van der Waals surface area contributed by atoms with Gasteiger partial charge in [0.2, 0.25) is 0 Å². The van der Waals surface area contributed by atoms with Crippen molar-refractivity contribution in [2.45, 2.75) is 25.8 Å². The van der Waals surface area contributed by atoms with Crippen LogP contribution in [0.5, 0.6) is 0 Å². The summed E-state index contributed by atoms with van der Waals surface area (Å²) in [5, 5.41) is 12.7. The molecule has 1 aliphatic rings. The molecule has 0 N–H and O–H groups in total. The number of hydrogen-bond acceptors (Lipinski definition) is 5. The van der Waals surface area contributed by atoms with Gasteiger partial charge in [0.05, 0.1) is 23.5 Å². The minimum absolute atomic E-state index is 0.00850. The Hall–Kier alpha value is -2.44. The van der Waals surface area contributed by atoms with E-state index in [2.05, 4.69) is 15.3 Å². The standard InChI is InChI=1S/C16H22N6O/c1-11-12(10-17-21(11)4)16(23)22-9-5-6-14(22)13-7-8-15(19-18-13)20(2)3/h7-8,10,14H,5-6,9H2,1-4H3. The molecule has 3 heterocycles. The molecule has 3 rings (SSSR count). The number of aromatic nitrogens is 4. The molecule has 0 saturated carbocycles. The van der Waals surface area contributed by atoms with E-state index in [1.807, 2.05) is 50.0 Å². The van der Waals surface area contributed by atoms with E-state index in [0.717, 1.165) is 36.6 Å². The van der Waals surface area contributed by atoms with Crippen LogP contribution >= 0.6 is 0 Å². The molecule has 0 aromatic carbocycles. The van der Waals surface area contributed by atoms with E-state index in [4.69, 9.17) is 0 Å². The molecule has 0 radical (unpaired) electrons. The first-order chi connectivity index (χ1) is 11.0. The Morgan fingerprint density at radius 2 is 2.09 bits per heavy atom. The highest BCUT2D eigenvalue weighted by atomic mass is 16.2. The maximum Gasteiger partial charge on any atom is 0.257 e. The third kappa shape index (κ3) is 2.78. The predicted octanol–water partition coefficient (Wildman–Crippen LogP) is 1.56. The summed E-state index contributed by atoms with van der Waals surface area (Å²) in [5.74, 6) is 0.837. The summed E-state index contributed by atoms with van der Waals surface area (Å²) in [4.78, 5) is 16.7. The monoisotopic (exact) mass is 314 g/mol. The van der Waals surface area contributed by atoms with Crippen LogP contribution in [0.2, 0.25) is 0 Å². The van der Waals surface area contributed by atoms with Gasteiger partial charge < -0.3 is 9.80 Å². The van der Waals surface area contributed by atoms with E-state index in [1.165, 1.54) is 0 Å². The van der Waals surface area contributed by atoms with Gasteiger partial charge in [0.25, 0.3) is 5.91 Å². The topological polar surface area (TPSA) is 67.2 Å². The lowest BCUT2D eigenvalue weighted by Crippen LogP contribution is -2.31. The Bertz CT molecular complexity index is 706. The quantitative estimate of drug-likeness (QED) is 0.860. The number of aryl methyl sites for hydroxylation is 1. The minimum Gasteiger partial charge on any atom is -0.361 e. The summed E-state index contributed by atoms with van der Waals surface area (Å²) in [6, 6.07) is 3.90. The Balaban J connectivity index is 1.85. The first kappa shape index (κ1) is 15.5. The van der Waals surface area contributed by atoms with Gasteiger partial charge in [0, 0.05) is 33.4 Å². The molecule has 7 nitrogen and oxygen atoms in total. The molecule has 122 valence electrons. The second-order valence-electron chi connectivity index (χ2n) is 6.13. The van der Waals surface area contributed by atoms with E-state index in [-0.39, 0.29) is 11.9 Å². The zero-order valence-electron chi connectivity index (χ0n) is 14.0. The van der Waals surface area contributed by atoms with Crippen LogP contribution in [0.3, 0.4) is 0 Å². The Kier molecular flexibility index (Phi) is 4.02. The summed E-state index contributed by atoms with van der Waals surface area (Å²) < 4.78 is 1.73. The van der Waals surface area contributed by atoms with Crippen molar-refractivity contribution >= 4 is 11.7 Å². The second-order valence-corrected chi connectivity index (χ2v) is 6.13. The molecule has 1 amide bonds. The van der Waals surface area contributed by atoms with Gasteiger partial charge in [-0.15, -0.1) is 5.10 Å². The Labute approximate surface area is 135 Å². The van der Waals surface area contributed by atoms with Crippen molar-refractivity contribution < 1.29 is 4.79 Å². The average molecular weight is 314 g/mol. The molecule has 0 spiro atoms. The summed E-state index contributed by atoms with van der Waals surface area (Å²) in [5.41, 5.74) is 2.40. The van der Waals surface area contributed by atoms with Gasteiger partial charge in [-0.2, -0.15) is 10.2 Å². The Morgan fingerprint density at radius 3 is 2.65 bits per heavy atom. The number of likely N-dealkylation sites (tertiary alicyclic amines) is 1. The maximum atomic E-state index is 12.9. The lowest BCUT2D eigenvalue weighted by Gasteiger charge is -2.24. The van der Waals surface area contributed by atoms with Crippen molar-refractivity contribution in [2.24, 2.45) is 7.05 Å². The van der Waals surface area contributed by atoms with Crippen LogP contribution in [0, 0.1) is 6.92 Å². The van der Waals surface area contributed by atoms with Gasteiger partial charge in [0.1, 0.15) is 0 Å². The fourth-order valence-corrected chi connectivity index (χ4v) is 2.93. The number of nitrogens with zero attached hydrogens (tertiary/aromatic N) is 6. The van der Waals surface area contributed by atoms with E-state index in [0.29, 0.717) is 5.56 Å². The van der Waals surface area contributed by atoms with Crippen molar-refractivity contribution in [2.75, 3.05) is 25.5 Å². The van der Waals surface area contributed by atoms with E-state index in [1.54, 1.807) is 10.9 Å². The molecule has 1 saturated heterocycles. The molecule has 0 aliphatic carbocycles. The number of hydrogen-bond donors (Lipinski definition) is 0. The number of anilines is 1. The van der Waals surface area contributed by atoms with Gasteiger partial charge in [-0.3, -0.25) is 9.48 Å². The van der Waals surface area contributed by atoms with Crippen LogP contribution < -0.4 is 4.90 Å². The van der Waals surface area contributed by atoms with Gasteiger partial charge in [0.15, 0.2) is 5.82 Å². The summed E-state index contributed by atoms with van der Waals surface area (Å²) in [6.45, 7) is 2.66. The summed E-state index contributed by atoms with van der Waals surface area (Å²) in [7, 11) is 5.71. The molecule has 23 heavy (non-hydrogen) atoms. The van der Waals surface area contributed by atoms with Crippen molar-refractivity contribution in [1.29, 1.82) is 0 Å². The van der Waals surface area contributed by atoms with Gasteiger partial charge in [-0.25, -0.2) is 0 Å². The van der Waals surface area contributed by atoms with Crippen molar-refractivity contribution in [3.63, 3.8) is 0 Å². The van der Waals surface area contributed by atoms with Crippen LogP contribution in [0.25, 0.3) is 0 Å². The SMILES string of the molecule is Cc1c(C(=O)N2CCCC2c2ccc(N(C)C)nn2)cnn1C. The minimum atomic E-state index is -0.00850. The van der Waals surface area contributed by atoms with E-state index in [9.17, 15) is 4.79 Å². The molecule has 1 atom stereocenters. The molecular weight excluding hydrogens is 292 g/mol. The van der Waals surface area contributed by atoms with Gasteiger partial charge in [-0.05, 0) is 31.9 Å². The summed E-state index contributed by atoms with van der Waals surface area (Å²) >= 11 is 0. The maximum absolute atomic E-state index is 12.9. The largest absolute Gasteiger partial charge is 0.361 e. The van der Waals surface area contributed by atoms with Crippen LogP contribution in [0.1, 0.15) is 40.6 Å². The lowest BCUT2D eigenvalue weighted by molar-refractivity contribution is 0.0731. The van der Waals surface area contributed by atoms with Crippen LogP contribution in [0.4, 0.5) is 5.82 Å². The molecule has 1 unspecified atom stereocenters. The van der Waals surface area contributed by atoms with Gasteiger partial charge in [-0.1, -0.05) is 0 Å². The van der Waals surface area contributed by atoms with E-state index < -0.39 is 0 Å². The van der Waals surface area contributed by atoms with Gasteiger partial charge >= 0.3 is 0 Å². The molecule has 2 aromatic heterocycles. The fraction of sp³-hybridized carbons (Fsp3) is 0.500. The molecule has 2 aromatic rings. The zero-order valence-corrected chi connectivity index (χ0v) is 14.0. The Morgan fingerprint density at radius 1 is 1.30 bits per heavy atom. The van der Waals surface area contributed by atoms with Crippen molar-refractivity contribution in [1.82, 2.24) is 24.9 Å². The van der Waals surface area contributed by atoms with E-state index >= 15 is 0 Å². The normalized spacial score (nSPS) is 17.6. The lowest BCUT2D eigenvalue weighted by atomic mass is 10.1. The van der Waals surface area contributed by atoms with Crippen LogP contribution in [-0.4, -0.2) is 51.4 Å². The third-order valence-electron chi connectivity index (χ3n) is 4.45. The highest BCUT2D eigenvalue weighted by Gasteiger charge is 2.33. The molecule has 7 heteroatoms. The number of carbonyl (C=O) groups excluding carboxylic acids is 1. The molecular formula is C16H22N6O. The van der Waals surface area contributed by atoms with Crippen LogP contribution in [0.15, 0.2) is 18.3 Å². The van der Waals surface area contributed by atoms with Crippen molar-refractivity contribution in [3.05, 3.63) is 35.3 Å².